The number of rotatable bonds is 8. The number of ether oxygens (including phenoxy) is 3. The molecule has 172 valence electrons. The summed E-state index contributed by atoms with van der Waals surface area (Å²) in [6.07, 6.45) is -1.26. The molecule has 33 heavy (non-hydrogen) atoms. The van der Waals surface area contributed by atoms with Gasteiger partial charge in [-0.25, -0.2) is 4.79 Å². The van der Waals surface area contributed by atoms with E-state index in [9.17, 15) is 19.5 Å². The number of esters is 2. The monoisotopic (exact) mass is 451 g/mol. The molecule has 0 spiro atoms. The summed E-state index contributed by atoms with van der Waals surface area (Å²) in [4.78, 5) is 38.5. The second-order valence-electron chi connectivity index (χ2n) is 8.10. The SMILES string of the molecule is C=C[C@@H]1O[C@@]2(CC(=O)OCc3ccccc3)[C@H](C(=O)OCc3ccccc3)NC(=O)[C@H]2[C@@H]1O. The predicted molar refractivity (Wildman–Crippen MR) is 116 cm³/mol. The number of aliphatic hydroxyl groups excluding tert-OH is 1. The standard InChI is InChI=1S/C25H25NO7/c1-2-18-21(28)20-23(29)26-22(24(30)32-15-17-11-7-4-8-12-17)25(20,33-18)13-19(27)31-14-16-9-5-3-6-10-16/h2-12,18,20-22,28H,1,13-15H2,(H,26,29)/t18-,20+,21+,22-,25+/m0/s1. The zero-order valence-corrected chi connectivity index (χ0v) is 17.9. The van der Waals surface area contributed by atoms with Crippen LogP contribution in [0.4, 0.5) is 0 Å². The third-order valence-corrected chi connectivity index (χ3v) is 5.97. The van der Waals surface area contributed by atoms with Gasteiger partial charge in [-0.15, -0.1) is 6.58 Å². The van der Waals surface area contributed by atoms with Crippen molar-refractivity contribution < 1.29 is 33.7 Å². The van der Waals surface area contributed by atoms with E-state index < -0.39 is 54.0 Å². The molecule has 2 N–H and O–H groups in total. The van der Waals surface area contributed by atoms with Crippen LogP contribution in [0.25, 0.3) is 0 Å². The van der Waals surface area contributed by atoms with E-state index in [0.717, 1.165) is 11.1 Å². The van der Waals surface area contributed by atoms with Crippen LogP contribution in [0.15, 0.2) is 73.3 Å². The quantitative estimate of drug-likeness (QED) is 0.464. The molecule has 2 aliphatic rings. The van der Waals surface area contributed by atoms with Gasteiger partial charge in [-0.1, -0.05) is 66.7 Å². The highest BCUT2D eigenvalue weighted by Gasteiger charge is 2.68. The van der Waals surface area contributed by atoms with Gasteiger partial charge in [0.05, 0.1) is 18.4 Å². The lowest BCUT2D eigenvalue weighted by Gasteiger charge is -2.31. The lowest BCUT2D eigenvalue weighted by molar-refractivity contribution is -0.163. The Morgan fingerprint density at radius 1 is 1.03 bits per heavy atom. The average molecular weight is 451 g/mol. The average Bonchev–Trinajstić information content (AvgIpc) is 3.28. The van der Waals surface area contributed by atoms with E-state index in [1.807, 2.05) is 48.5 Å². The molecule has 1 amide bonds. The molecule has 2 aliphatic heterocycles. The molecule has 0 radical (unpaired) electrons. The summed E-state index contributed by atoms with van der Waals surface area (Å²) in [5.41, 5.74) is -0.105. The summed E-state index contributed by atoms with van der Waals surface area (Å²) in [6, 6.07) is 16.9. The van der Waals surface area contributed by atoms with Crippen LogP contribution in [0.1, 0.15) is 17.5 Å². The maximum absolute atomic E-state index is 13.0. The molecule has 2 aromatic carbocycles. The zero-order chi connectivity index (χ0) is 23.4. The van der Waals surface area contributed by atoms with E-state index in [4.69, 9.17) is 14.2 Å². The van der Waals surface area contributed by atoms with Crippen molar-refractivity contribution >= 4 is 17.8 Å². The van der Waals surface area contributed by atoms with Gasteiger partial charge in [-0.05, 0) is 11.1 Å². The maximum Gasteiger partial charge on any atom is 0.332 e. The molecule has 2 saturated heterocycles. The molecule has 4 rings (SSSR count). The number of benzene rings is 2. The fourth-order valence-electron chi connectivity index (χ4n) is 4.38. The molecular formula is C25H25NO7. The molecule has 2 aromatic rings. The number of aliphatic hydroxyl groups is 1. The van der Waals surface area contributed by atoms with Crippen molar-refractivity contribution in [2.45, 2.75) is 43.5 Å². The highest BCUT2D eigenvalue weighted by atomic mass is 16.6. The molecule has 0 aliphatic carbocycles. The van der Waals surface area contributed by atoms with Gasteiger partial charge in [0.15, 0.2) is 6.04 Å². The fourth-order valence-corrected chi connectivity index (χ4v) is 4.38. The smallest absolute Gasteiger partial charge is 0.332 e. The lowest BCUT2D eigenvalue weighted by atomic mass is 9.80. The van der Waals surface area contributed by atoms with Crippen LogP contribution in [-0.2, 0) is 41.8 Å². The normalized spacial score (nSPS) is 28.0. The molecule has 5 atom stereocenters. The van der Waals surface area contributed by atoms with Crippen LogP contribution >= 0.6 is 0 Å². The van der Waals surface area contributed by atoms with Gasteiger partial charge in [-0.2, -0.15) is 0 Å². The van der Waals surface area contributed by atoms with Gasteiger partial charge in [0, 0.05) is 0 Å². The Kier molecular flexibility index (Phi) is 6.57. The Morgan fingerprint density at radius 3 is 2.18 bits per heavy atom. The largest absolute Gasteiger partial charge is 0.461 e. The summed E-state index contributed by atoms with van der Waals surface area (Å²) in [5.74, 6) is -3.18. The first kappa shape index (κ1) is 22.7. The Hall–Kier alpha value is -3.49. The van der Waals surface area contributed by atoms with Crippen LogP contribution in [-0.4, -0.2) is 46.8 Å². The Morgan fingerprint density at radius 2 is 1.61 bits per heavy atom. The summed E-state index contributed by atoms with van der Waals surface area (Å²) in [6.45, 7) is 3.64. The van der Waals surface area contributed by atoms with Crippen molar-refractivity contribution in [3.8, 4) is 0 Å². The molecule has 0 unspecified atom stereocenters. The Balaban J connectivity index is 1.53. The number of hydrogen-bond donors (Lipinski definition) is 2. The number of carbonyl (C=O) groups excluding carboxylic acids is 3. The molecule has 2 fully saturated rings. The molecule has 8 nitrogen and oxygen atoms in total. The minimum atomic E-state index is -1.66. The minimum absolute atomic E-state index is 0.0152. The molecule has 2 heterocycles. The number of amides is 1. The second kappa shape index (κ2) is 9.56. The maximum atomic E-state index is 13.0. The zero-order valence-electron chi connectivity index (χ0n) is 17.9. The van der Waals surface area contributed by atoms with E-state index in [2.05, 4.69) is 11.9 Å². The third-order valence-electron chi connectivity index (χ3n) is 5.97. The highest BCUT2D eigenvalue weighted by Crippen LogP contribution is 2.46. The van der Waals surface area contributed by atoms with Gasteiger partial charge >= 0.3 is 11.9 Å². The van der Waals surface area contributed by atoms with Gasteiger partial charge in [-0.3, -0.25) is 9.59 Å². The third kappa shape index (κ3) is 4.53. The number of carbonyl (C=O) groups is 3. The summed E-state index contributed by atoms with van der Waals surface area (Å²) in [7, 11) is 0. The van der Waals surface area contributed by atoms with Crippen molar-refractivity contribution in [3.63, 3.8) is 0 Å². The van der Waals surface area contributed by atoms with Crippen molar-refractivity contribution in [2.75, 3.05) is 0 Å². The molecule has 0 saturated carbocycles. The van der Waals surface area contributed by atoms with Crippen molar-refractivity contribution in [3.05, 3.63) is 84.4 Å². The van der Waals surface area contributed by atoms with E-state index in [0.29, 0.717) is 0 Å². The second-order valence-corrected chi connectivity index (χ2v) is 8.10. The molecule has 8 heteroatoms. The van der Waals surface area contributed by atoms with Gasteiger partial charge in [0.25, 0.3) is 0 Å². The van der Waals surface area contributed by atoms with E-state index in [-0.39, 0.29) is 13.2 Å². The van der Waals surface area contributed by atoms with Crippen LogP contribution < -0.4 is 5.32 Å². The summed E-state index contributed by atoms with van der Waals surface area (Å²) in [5, 5.41) is 13.2. The number of fused-ring (bicyclic) bond motifs is 1. The van der Waals surface area contributed by atoms with Crippen molar-refractivity contribution in [1.82, 2.24) is 5.32 Å². The van der Waals surface area contributed by atoms with Crippen LogP contribution in [0.2, 0.25) is 0 Å². The van der Waals surface area contributed by atoms with Crippen LogP contribution in [0.3, 0.4) is 0 Å². The number of hydrogen-bond acceptors (Lipinski definition) is 7. The van der Waals surface area contributed by atoms with Crippen molar-refractivity contribution in [2.24, 2.45) is 5.92 Å². The van der Waals surface area contributed by atoms with E-state index in [1.165, 1.54) is 6.08 Å². The van der Waals surface area contributed by atoms with Crippen LogP contribution in [0.5, 0.6) is 0 Å². The summed E-state index contributed by atoms with van der Waals surface area (Å²) >= 11 is 0. The van der Waals surface area contributed by atoms with Gasteiger partial charge < -0.3 is 24.6 Å². The van der Waals surface area contributed by atoms with Gasteiger partial charge in [0.1, 0.15) is 24.9 Å². The first-order valence-electron chi connectivity index (χ1n) is 10.6. The van der Waals surface area contributed by atoms with Crippen LogP contribution in [0, 0.1) is 5.92 Å². The fraction of sp³-hybridized carbons (Fsp3) is 0.320. The Labute approximate surface area is 191 Å². The molecule has 0 aromatic heterocycles. The Bertz CT molecular complexity index is 1030. The molecule has 0 bridgehead atoms. The lowest BCUT2D eigenvalue weighted by Crippen LogP contribution is -2.53. The van der Waals surface area contributed by atoms with E-state index in [1.54, 1.807) is 12.1 Å². The molecular weight excluding hydrogens is 426 g/mol. The predicted octanol–water partition coefficient (Wildman–Crippen LogP) is 1.66. The van der Waals surface area contributed by atoms with Gasteiger partial charge in [0.2, 0.25) is 5.91 Å². The first-order valence-corrected chi connectivity index (χ1v) is 10.6. The number of nitrogens with one attached hydrogen (secondary N) is 1. The minimum Gasteiger partial charge on any atom is -0.461 e. The van der Waals surface area contributed by atoms with E-state index >= 15 is 0 Å². The van der Waals surface area contributed by atoms with Crippen molar-refractivity contribution in [1.29, 1.82) is 0 Å². The first-order chi connectivity index (χ1) is 15.9. The topological polar surface area (TPSA) is 111 Å². The summed E-state index contributed by atoms with van der Waals surface area (Å²) < 4.78 is 16.7. The highest BCUT2D eigenvalue weighted by molar-refractivity contribution is 5.94.